The summed E-state index contributed by atoms with van der Waals surface area (Å²) in [4.78, 5) is 7.19. The lowest BCUT2D eigenvalue weighted by molar-refractivity contribution is 0.00578. The number of hydrogen-bond donors (Lipinski definition) is 0. The van der Waals surface area contributed by atoms with Crippen LogP contribution in [0, 0.1) is 0 Å². The van der Waals surface area contributed by atoms with E-state index >= 15 is 0 Å². The van der Waals surface area contributed by atoms with Gasteiger partial charge in [-0.1, -0.05) is 19.9 Å². The van der Waals surface area contributed by atoms with Crippen molar-refractivity contribution in [2.75, 3.05) is 18.0 Å². The van der Waals surface area contributed by atoms with Crippen LogP contribution in [0.5, 0.6) is 0 Å². The molecule has 1 aromatic rings. The molecule has 23 heavy (non-hydrogen) atoms. The van der Waals surface area contributed by atoms with E-state index in [-0.39, 0.29) is 18.3 Å². The number of nitrogens with zero attached hydrogens (tertiary/aromatic N) is 2. The van der Waals surface area contributed by atoms with Gasteiger partial charge in [-0.25, -0.2) is 4.98 Å². The van der Waals surface area contributed by atoms with Gasteiger partial charge in [0, 0.05) is 24.7 Å². The minimum Gasteiger partial charge on any atom is -0.399 e. The molecule has 0 radical (unpaired) electrons. The van der Waals surface area contributed by atoms with Crippen LogP contribution in [-0.2, 0) is 9.31 Å². The molecular formula is C18H29BN2O2. The first-order valence-corrected chi connectivity index (χ1v) is 8.82. The van der Waals surface area contributed by atoms with Gasteiger partial charge in [-0.3, -0.25) is 0 Å². The maximum absolute atomic E-state index is 6.17. The fourth-order valence-electron chi connectivity index (χ4n) is 3.22. The van der Waals surface area contributed by atoms with E-state index in [2.05, 4.69) is 52.5 Å². The third-order valence-corrected chi connectivity index (χ3v) is 5.47. The number of aromatic nitrogens is 1. The molecule has 4 nitrogen and oxygen atoms in total. The van der Waals surface area contributed by atoms with E-state index in [1.54, 1.807) is 0 Å². The topological polar surface area (TPSA) is 34.6 Å². The van der Waals surface area contributed by atoms with Crippen LogP contribution < -0.4 is 10.4 Å². The second-order valence-electron chi connectivity index (χ2n) is 8.12. The predicted molar refractivity (Wildman–Crippen MR) is 95.5 cm³/mol. The van der Waals surface area contributed by atoms with Crippen LogP contribution >= 0.6 is 0 Å². The Morgan fingerprint density at radius 1 is 1.09 bits per heavy atom. The second-order valence-corrected chi connectivity index (χ2v) is 8.12. The zero-order chi connectivity index (χ0) is 16.8. The van der Waals surface area contributed by atoms with Gasteiger partial charge in [0.05, 0.1) is 11.2 Å². The van der Waals surface area contributed by atoms with Gasteiger partial charge in [0.2, 0.25) is 0 Å². The first-order valence-electron chi connectivity index (χ1n) is 8.82. The van der Waals surface area contributed by atoms with Crippen LogP contribution in [-0.4, -0.2) is 36.4 Å². The van der Waals surface area contributed by atoms with Crippen molar-refractivity contribution in [1.82, 2.24) is 4.98 Å². The van der Waals surface area contributed by atoms with Crippen molar-refractivity contribution in [3.63, 3.8) is 0 Å². The number of pyridine rings is 1. The molecule has 0 unspecified atom stereocenters. The molecule has 1 aromatic heterocycles. The Bertz CT molecular complexity index is 564. The summed E-state index contributed by atoms with van der Waals surface area (Å²) in [6.45, 7) is 15.0. The van der Waals surface area contributed by atoms with Gasteiger partial charge < -0.3 is 14.2 Å². The van der Waals surface area contributed by atoms with E-state index in [0.717, 1.165) is 24.4 Å². The predicted octanol–water partition coefficient (Wildman–Crippen LogP) is 3.10. The summed E-state index contributed by atoms with van der Waals surface area (Å²) in [7, 11) is -0.336. The zero-order valence-corrected chi connectivity index (χ0v) is 15.3. The van der Waals surface area contributed by atoms with Crippen molar-refractivity contribution in [2.45, 2.75) is 71.5 Å². The largest absolute Gasteiger partial charge is 0.496 e. The first-order chi connectivity index (χ1) is 10.7. The highest BCUT2D eigenvalue weighted by atomic mass is 16.7. The molecule has 0 saturated carbocycles. The van der Waals surface area contributed by atoms with Gasteiger partial charge >= 0.3 is 7.12 Å². The van der Waals surface area contributed by atoms with Gasteiger partial charge in [-0.05, 0) is 52.0 Å². The number of hydrogen-bond acceptors (Lipinski definition) is 4. The van der Waals surface area contributed by atoms with E-state index in [1.165, 1.54) is 18.4 Å². The Labute approximate surface area is 140 Å². The second kappa shape index (κ2) is 5.78. The highest BCUT2D eigenvalue weighted by molar-refractivity contribution is 6.62. The summed E-state index contributed by atoms with van der Waals surface area (Å²) in [6, 6.07) is 2.23. The summed E-state index contributed by atoms with van der Waals surface area (Å²) >= 11 is 0. The molecule has 0 aliphatic carbocycles. The van der Waals surface area contributed by atoms with Gasteiger partial charge in [0.1, 0.15) is 5.82 Å². The molecule has 2 saturated heterocycles. The molecule has 2 fully saturated rings. The summed E-state index contributed by atoms with van der Waals surface area (Å²) in [6.07, 6.45) is 4.46. The van der Waals surface area contributed by atoms with E-state index in [4.69, 9.17) is 14.3 Å². The fourth-order valence-corrected chi connectivity index (χ4v) is 3.22. The third kappa shape index (κ3) is 3.01. The van der Waals surface area contributed by atoms with Crippen LogP contribution in [0.2, 0.25) is 0 Å². The molecule has 0 amide bonds. The zero-order valence-electron chi connectivity index (χ0n) is 15.3. The standard InChI is InChI=1S/C18H29BN2O2/c1-13(2)15-11-14(12-20-16(15)21-9-7-8-10-21)19-22-17(3,4)18(5,6)23-19/h11-13H,7-10H2,1-6H3. The molecule has 0 aromatic carbocycles. The van der Waals surface area contributed by atoms with E-state index in [0.29, 0.717) is 5.92 Å². The Morgan fingerprint density at radius 3 is 2.17 bits per heavy atom. The molecule has 5 heteroatoms. The number of anilines is 1. The van der Waals surface area contributed by atoms with Crippen molar-refractivity contribution in [3.8, 4) is 0 Å². The highest BCUT2D eigenvalue weighted by Crippen LogP contribution is 2.37. The summed E-state index contributed by atoms with van der Waals surface area (Å²) in [5.74, 6) is 1.57. The van der Waals surface area contributed by atoms with Crippen molar-refractivity contribution >= 4 is 18.4 Å². The lowest BCUT2D eigenvalue weighted by Gasteiger charge is -2.32. The van der Waals surface area contributed by atoms with Crippen LogP contribution in [0.1, 0.15) is 65.9 Å². The number of rotatable bonds is 3. The normalized spacial score (nSPS) is 23.1. The van der Waals surface area contributed by atoms with Crippen molar-refractivity contribution < 1.29 is 9.31 Å². The monoisotopic (exact) mass is 316 g/mol. The Kier molecular flexibility index (Phi) is 4.22. The molecule has 0 atom stereocenters. The highest BCUT2D eigenvalue weighted by Gasteiger charge is 2.52. The van der Waals surface area contributed by atoms with E-state index in [9.17, 15) is 0 Å². The van der Waals surface area contributed by atoms with Crippen LogP contribution in [0.15, 0.2) is 12.3 Å². The summed E-state index contributed by atoms with van der Waals surface area (Å²) in [5.41, 5.74) is 1.68. The van der Waals surface area contributed by atoms with Crippen LogP contribution in [0.4, 0.5) is 5.82 Å². The minimum atomic E-state index is -0.336. The molecule has 0 bridgehead atoms. The summed E-state index contributed by atoms with van der Waals surface area (Å²) < 4.78 is 12.3. The maximum Gasteiger partial charge on any atom is 0.496 e. The average molecular weight is 316 g/mol. The smallest absolute Gasteiger partial charge is 0.399 e. The molecule has 2 aliphatic heterocycles. The quantitative estimate of drug-likeness (QED) is 0.803. The van der Waals surface area contributed by atoms with Gasteiger partial charge in [0.15, 0.2) is 0 Å². The summed E-state index contributed by atoms with van der Waals surface area (Å²) in [5, 5.41) is 0. The van der Waals surface area contributed by atoms with Gasteiger partial charge in [-0.15, -0.1) is 0 Å². The molecule has 3 heterocycles. The molecular weight excluding hydrogens is 287 g/mol. The van der Waals surface area contributed by atoms with E-state index < -0.39 is 0 Å². The Morgan fingerprint density at radius 2 is 1.65 bits per heavy atom. The third-order valence-electron chi connectivity index (χ3n) is 5.47. The van der Waals surface area contributed by atoms with Gasteiger partial charge in [0.25, 0.3) is 0 Å². The van der Waals surface area contributed by atoms with Crippen molar-refractivity contribution in [1.29, 1.82) is 0 Å². The molecule has 2 aliphatic rings. The molecule has 0 N–H and O–H groups in total. The first kappa shape index (κ1) is 16.8. The van der Waals surface area contributed by atoms with Crippen molar-refractivity contribution in [3.05, 3.63) is 17.8 Å². The van der Waals surface area contributed by atoms with Crippen molar-refractivity contribution in [2.24, 2.45) is 0 Å². The molecule has 126 valence electrons. The van der Waals surface area contributed by atoms with E-state index in [1.807, 2.05) is 6.20 Å². The van der Waals surface area contributed by atoms with Crippen LogP contribution in [0.3, 0.4) is 0 Å². The molecule has 0 spiro atoms. The Balaban J connectivity index is 1.91. The maximum atomic E-state index is 6.17. The lowest BCUT2D eigenvalue weighted by atomic mass is 9.79. The Hall–Kier alpha value is -1.07. The lowest BCUT2D eigenvalue weighted by Crippen LogP contribution is -2.41. The SMILES string of the molecule is CC(C)c1cc(B2OC(C)(C)C(C)(C)O2)cnc1N1CCCC1. The minimum absolute atomic E-state index is 0.316. The van der Waals surface area contributed by atoms with Gasteiger partial charge in [-0.2, -0.15) is 0 Å². The fraction of sp³-hybridized carbons (Fsp3) is 0.722. The van der Waals surface area contributed by atoms with Crippen LogP contribution in [0.25, 0.3) is 0 Å². The molecule has 3 rings (SSSR count). The average Bonchev–Trinajstić information content (AvgIpc) is 3.05.